The lowest BCUT2D eigenvalue weighted by Crippen LogP contribution is -2.42. The summed E-state index contributed by atoms with van der Waals surface area (Å²) in [4.78, 5) is 28.4. The molecule has 0 spiro atoms. The fraction of sp³-hybridized carbons (Fsp3) is 0.385. The number of amides is 1. The molecule has 1 fully saturated rings. The van der Waals surface area contributed by atoms with Crippen LogP contribution in [0.3, 0.4) is 0 Å². The molecule has 1 heterocycles. The highest BCUT2D eigenvalue weighted by Crippen LogP contribution is 2.41. The van der Waals surface area contributed by atoms with Crippen LogP contribution in [0.2, 0.25) is 10.0 Å². The third-order valence-corrected chi connectivity index (χ3v) is 7.76. The van der Waals surface area contributed by atoms with Gasteiger partial charge >= 0.3 is 5.97 Å². The smallest absolute Gasteiger partial charge is 0.310 e. The summed E-state index contributed by atoms with van der Waals surface area (Å²) in [7, 11) is 0. The van der Waals surface area contributed by atoms with Gasteiger partial charge in [0.1, 0.15) is 0 Å². The van der Waals surface area contributed by atoms with Gasteiger partial charge in [0.05, 0.1) is 22.6 Å². The standard InChI is InChI=1S/C26H29Cl2NO3S/c1-4-32-26(31)19-8-7-15-29(16-19)23(30)14-12-18-11-13-22(25(28)24(18)27)33-21-10-6-5-9-20(21)17(2)3/h5-6,9-14,17,19H,4,7-8,15-16H2,1-3H3/b14-12+. The number of carbonyl (C=O) groups is 2. The summed E-state index contributed by atoms with van der Waals surface area (Å²) in [5, 5.41) is 0.881. The van der Waals surface area contributed by atoms with Crippen molar-refractivity contribution in [3.8, 4) is 0 Å². The van der Waals surface area contributed by atoms with Crippen LogP contribution in [0.1, 0.15) is 50.7 Å². The average Bonchev–Trinajstić information content (AvgIpc) is 2.81. The Hall–Kier alpha value is -1.95. The normalized spacial score (nSPS) is 16.4. The van der Waals surface area contributed by atoms with E-state index in [1.54, 1.807) is 29.7 Å². The number of carbonyl (C=O) groups excluding carboxylic acids is 2. The maximum absolute atomic E-state index is 12.7. The molecule has 1 aliphatic heterocycles. The van der Waals surface area contributed by atoms with Gasteiger partial charge in [-0.05, 0) is 55.0 Å². The first-order valence-electron chi connectivity index (χ1n) is 11.2. The second-order valence-electron chi connectivity index (χ2n) is 8.28. The van der Waals surface area contributed by atoms with Gasteiger partial charge in [-0.3, -0.25) is 9.59 Å². The molecule has 1 aliphatic rings. The maximum Gasteiger partial charge on any atom is 0.310 e. The Bertz CT molecular complexity index is 1040. The molecule has 0 bridgehead atoms. The lowest BCUT2D eigenvalue weighted by atomic mass is 9.98. The number of likely N-dealkylation sites (tertiary alicyclic amines) is 1. The van der Waals surface area contributed by atoms with Crippen molar-refractivity contribution in [2.75, 3.05) is 19.7 Å². The lowest BCUT2D eigenvalue weighted by molar-refractivity contribution is -0.150. The largest absolute Gasteiger partial charge is 0.466 e. The van der Waals surface area contributed by atoms with Gasteiger partial charge in [-0.2, -0.15) is 0 Å². The zero-order valence-corrected chi connectivity index (χ0v) is 21.5. The lowest BCUT2D eigenvalue weighted by Gasteiger charge is -2.30. The molecule has 4 nitrogen and oxygen atoms in total. The summed E-state index contributed by atoms with van der Waals surface area (Å²) < 4.78 is 5.11. The van der Waals surface area contributed by atoms with Crippen molar-refractivity contribution in [3.63, 3.8) is 0 Å². The molecular formula is C26H29Cl2NO3S. The van der Waals surface area contributed by atoms with Crippen molar-refractivity contribution < 1.29 is 14.3 Å². The first-order chi connectivity index (χ1) is 15.8. The summed E-state index contributed by atoms with van der Waals surface area (Å²) in [5.41, 5.74) is 1.93. The van der Waals surface area contributed by atoms with Gasteiger partial charge in [0.25, 0.3) is 0 Å². The van der Waals surface area contributed by atoms with Crippen LogP contribution < -0.4 is 0 Å². The van der Waals surface area contributed by atoms with E-state index in [1.165, 1.54) is 11.6 Å². The van der Waals surface area contributed by atoms with E-state index in [0.717, 1.165) is 22.6 Å². The fourth-order valence-corrected chi connectivity index (χ4v) is 5.52. The van der Waals surface area contributed by atoms with Crippen LogP contribution in [0.4, 0.5) is 0 Å². The molecule has 0 N–H and O–H groups in total. The fourth-order valence-electron chi connectivity index (χ4n) is 3.82. The minimum Gasteiger partial charge on any atom is -0.466 e. The summed E-state index contributed by atoms with van der Waals surface area (Å²) in [6.07, 6.45) is 4.69. The van der Waals surface area contributed by atoms with E-state index >= 15 is 0 Å². The first-order valence-corrected chi connectivity index (χ1v) is 12.8. The Morgan fingerprint density at radius 1 is 1.15 bits per heavy atom. The molecule has 2 aromatic rings. The number of nitrogens with zero attached hydrogens (tertiary/aromatic N) is 1. The summed E-state index contributed by atoms with van der Waals surface area (Å²) >= 11 is 14.7. The van der Waals surface area contributed by atoms with E-state index < -0.39 is 0 Å². The third-order valence-electron chi connectivity index (χ3n) is 5.60. The topological polar surface area (TPSA) is 46.6 Å². The number of rotatable bonds is 7. The van der Waals surface area contributed by atoms with Gasteiger partial charge in [0.2, 0.25) is 5.91 Å². The molecule has 1 saturated heterocycles. The molecule has 3 rings (SSSR count). The van der Waals surface area contributed by atoms with Crippen molar-refractivity contribution in [2.45, 2.75) is 49.3 Å². The van der Waals surface area contributed by atoms with E-state index in [0.29, 0.717) is 41.2 Å². The second kappa shape index (κ2) is 12.0. The van der Waals surface area contributed by atoms with Gasteiger partial charge in [-0.15, -0.1) is 0 Å². The third kappa shape index (κ3) is 6.56. The number of esters is 1. The predicted octanol–water partition coefficient (Wildman–Crippen LogP) is 7.08. The van der Waals surface area contributed by atoms with E-state index in [4.69, 9.17) is 27.9 Å². The van der Waals surface area contributed by atoms with E-state index in [-0.39, 0.29) is 17.8 Å². The first kappa shape index (κ1) is 25.7. The molecule has 33 heavy (non-hydrogen) atoms. The maximum atomic E-state index is 12.7. The number of hydrogen-bond donors (Lipinski definition) is 0. The highest BCUT2D eigenvalue weighted by molar-refractivity contribution is 7.99. The molecule has 0 saturated carbocycles. The zero-order valence-electron chi connectivity index (χ0n) is 19.1. The number of ether oxygens (including phenoxy) is 1. The summed E-state index contributed by atoms with van der Waals surface area (Å²) in [5.74, 6) is -0.255. The SMILES string of the molecule is CCOC(=O)C1CCCN(C(=O)/C=C/c2ccc(Sc3ccccc3C(C)C)c(Cl)c2Cl)C1. The number of hydrogen-bond acceptors (Lipinski definition) is 4. The van der Waals surface area contributed by atoms with Gasteiger partial charge in [-0.1, -0.05) is 73.1 Å². The predicted molar refractivity (Wildman–Crippen MR) is 136 cm³/mol. The minimum atomic E-state index is -0.265. The van der Waals surface area contributed by atoms with Crippen molar-refractivity contribution in [2.24, 2.45) is 5.92 Å². The van der Waals surface area contributed by atoms with Crippen molar-refractivity contribution in [1.29, 1.82) is 0 Å². The molecule has 0 aromatic heterocycles. The van der Waals surface area contributed by atoms with Crippen LogP contribution in [0.25, 0.3) is 6.08 Å². The Kier molecular flexibility index (Phi) is 9.30. The minimum absolute atomic E-state index is 0.152. The van der Waals surface area contributed by atoms with Crippen LogP contribution in [0, 0.1) is 5.92 Å². The quantitative estimate of drug-likeness (QED) is 0.297. The van der Waals surface area contributed by atoms with Crippen LogP contribution in [0.15, 0.2) is 52.3 Å². The number of benzene rings is 2. The molecule has 1 unspecified atom stereocenters. The van der Waals surface area contributed by atoms with Crippen molar-refractivity contribution in [3.05, 3.63) is 63.6 Å². The van der Waals surface area contributed by atoms with E-state index in [9.17, 15) is 9.59 Å². The van der Waals surface area contributed by atoms with Crippen LogP contribution >= 0.6 is 35.0 Å². The monoisotopic (exact) mass is 505 g/mol. The highest BCUT2D eigenvalue weighted by atomic mass is 35.5. The van der Waals surface area contributed by atoms with Crippen molar-refractivity contribution >= 4 is 52.9 Å². The summed E-state index contributed by atoms with van der Waals surface area (Å²) in [6, 6.07) is 12.1. The Morgan fingerprint density at radius 3 is 2.64 bits per heavy atom. The van der Waals surface area contributed by atoms with E-state index in [1.807, 2.05) is 24.3 Å². The highest BCUT2D eigenvalue weighted by Gasteiger charge is 2.28. The number of piperidine rings is 1. The van der Waals surface area contributed by atoms with Crippen LogP contribution in [-0.2, 0) is 14.3 Å². The Labute approximate surface area is 210 Å². The molecule has 176 valence electrons. The Balaban J connectivity index is 1.71. The van der Waals surface area contributed by atoms with Gasteiger partial charge < -0.3 is 9.64 Å². The van der Waals surface area contributed by atoms with Crippen molar-refractivity contribution in [1.82, 2.24) is 4.90 Å². The average molecular weight is 506 g/mol. The summed E-state index contributed by atoms with van der Waals surface area (Å²) in [6.45, 7) is 7.46. The molecule has 2 aromatic carbocycles. The van der Waals surface area contributed by atoms with Crippen LogP contribution in [0.5, 0.6) is 0 Å². The molecule has 1 amide bonds. The van der Waals surface area contributed by atoms with Crippen LogP contribution in [-0.4, -0.2) is 36.5 Å². The van der Waals surface area contributed by atoms with Gasteiger partial charge in [0, 0.05) is 29.0 Å². The Morgan fingerprint density at radius 2 is 1.91 bits per heavy atom. The zero-order chi connectivity index (χ0) is 24.0. The molecular weight excluding hydrogens is 477 g/mol. The molecule has 1 atom stereocenters. The van der Waals surface area contributed by atoms with Gasteiger partial charge in [-0.25, -0.2) is 0 Å². The molecule has 0 radical (unpaired) electrons. The number of halogens is 2. The molecule has 0 aliphatic carbocycles. The second-order valence-corrected chi connectivity index (χ2v) is 10.1. The van der Waals surface area contributed by atoms with E-state index in [2.05, 4.69) is 26.0 Å². The van der Waals surface area contributed by atoms with Gasteiger partial charge in [0.15, 0.2) is 0 Å². The molecule has 7 heteroatoms.